The van der Waals surface area contributed by atoms with Crippen molar-refractivity contribution in [3.05, 3.63) is 53.1 Å². The highest BCUT2D eigenvalue weighted by atomic mass is 16.1. The van der Waals surface area contributed by atoms with E-state index in [1.165, 1.54) is 0 Å². The molecular weight excluding hydrogens is 200 g/mol. The molecule has 0 amide bonds. The van der Waals surface area contributed by atoms with Crippen LogP contribution < -0.4 is 0 Å². The zero-order valence-electron chi connectivity index (χ0n) is 9.45. The molecule has 82 valence electrons. The minimum atomic E-state index is 0.0584. The third-order valence-corrected chi connectivity index (χ3v) is 2.47. The lowest BCUT2D eigenvalue weighted by molar-refractivity contribution is 0.101. The number of aromatic nitrogens is 2. The highest BCUT2D eigenvalue weighted by Crippen LogP contribution is 2.08. The third-order valence-electron chi connectivity index (χ3n) is 2.47. The van der Waals surface area contributed by atoms with Crippen LogP contribution in [0, 0.1) is 6.92 Å². The number of hydrogen-bond donors (Lipinski definition) is 1. The summed E-state index contributed by atoms with van der Waals surface area (Å²) >= 11 is 0. The van der Waals surface area contributed by atoms with E-state index in [9.17, 15) is 4.79 Å². The number of rotatable bonds is 3. The first-order valence-corrected chi connectivity index (χ1v) is 5.25. The normalized spacial score (nSPS) is 10.4. The number of hydrogen-bond acceptors (Lipinski definition) is 2. The van der Waals surface area contributed by atoms with Gasteiger partial charge >= 0.3 is 0 Å². The van der Waals surface area contributed by atoms with Gasteiger partial charge in [0.2, 0.25) is 0 Å². The van der Waals surface area contributed by atoms with Crippen molar-refractivity contribution in [1.82, 2.24) is 9.97 Å². The van der Waals surface area contributed by atoms with Gasteiger partial charge in [0, 0.05) is 30.9 Å². The highest BCUT2D eigenvalue weighted by Gasteiger charge is 2.04. The molecule has 1 N–H and O–H groups in total. The predicted octanol–water partition coefficient (Wildman–Crippen LogP) is 2.51. The van der Waals surface area contributed by atoms with Gasteiger partial charge in [0.15, 0.2) is 5.78 Å². The Morgan fingerprint density at radius 3 is 2.69 bits per heavy atom. The fraction of sp³-hybridized carbons (Fsp3) is 0.231. The smallest absolute Gasteiger partial charge is 0.175 e. The first-order valence-electron chi connectivity index (χ1n) is 5.25. The van der Waals surface area contributed by atoms with Crippen LogP contribution in [-0.2, 0) is 6.42 Å². The van der Waals surface area contributed by atoms with Crippen LogP contribution >= 0.6 is 0 Å². The van der Waals surface area contributed by atoms with Crippen LogP contribution in [0.3, 0.4) is 0 Å². The maximum absolute atomic E-state index is 11.1. The average molecular weight is 214 g/mol. The fourth-order valence-corrected chi connectivity index (χ4v) is 1.55. The zero-order valence-corrected chi connectivity index (χ0v) is 9.45. The number of carbonyl (C=O) groups is 1. The summed E-state index contributed by atoms with van der Waals surface area (Å²) in [4.78, 5) is 18.5. The topological polar surface area (TPSA) is 45.8 Å². The van der Waals surface area contributed by atoms with Crippen LogP contribution in [0.25, 0.3) is 0 Å². The summed E-state index contributed by atoms with van der Waals surface area (Å²) in [5, 5.41) is 0. The zero-order chi connectivity index (χ0) is 11.5. The van der Waals surface area contributed by atoms with Gasteiger partial charge in [-0.2, -0.15) is 0 Å². The molecule has 16 heavy (non-hydrogen) atoms. The van der Waals surface area contributed by atoms with Crippen molar-refractivity contribution >= 4 is 5.78 Å². The van der Waals surface area contributed by atoms with Gasteiger partial charge < -0.3 is 4.98 Å². The maximum Gasteiger partial charge on any atom is 0.175 e. The first-order chi connectivity index (χ1) is 7.65. The Balaban J connectivity index is 2.14. The number of Topliss-reactive ketones (excluding diaryl/α,β-unsaturated/α-hetero) is 1. The molecule has 2 aromatic rings. The summed E-state index contributed by atoms with van der Waals surface area (Å²) in [7, 11) is 0. The van der Waals surface area contributed by atoms with Crippen molar-refractivity contribution in [3.63, 3.8) is 0 Å². The van der Waals surface area contributed by atoms with Crippen LogP contribution in [0.5, 0.6) is 0 Å². The van der Waals surface area contributed by atoms with E-state index in [1.807, 2.05) is 37.4 Å². The minimum absolute atomic E-state index is 0.0584. The molecular formula is C13H14N2O. The minimum Gasteiger partial charge on any atom is -0.356 e. The van der Waals surface area contributed by atoms with Gasteiger partial charge in [-0.25, -0.2) is 0 Å². The van der Waals surface area contributed by atoms with E-state index in [0.29, 0.717) is 5.69 Å². The van der Waals surface area contributed by atoms with E-state index in [-0.39, 0.29) is 5.78 Å². The molecule has 2 rings (SSSR count). The summed E-state index contributed by atoms with van der Waals surface area (Å²) in [6, 6.07) is 7.78. The molecule has 0 bridgehead atoms. The molecule has 0 saturated carbocycles. The summed E-state index contributed by atoms with van der Waals surface area (Å²) in [5.74, 6) is 0.0584. The summed E-state index contributed by atoms with van der Waals surface area (Å²) in [6.45, 7) is 3.57. The fourth-order valence-electron chi connectivity index (χ4n) is 1.55. The lowest BCUT2D eigenvalue weighted by atomic mass is 10.2. The number of H-pyrrole nitrogens is 1. The highest BCUT2D eigenvalue weighted by molar-refractivity contribution is 5.92. The lowest BCUT2D eigenvalue weighted by Crippen LogP contribution is -1.95. The second kappa shape index (κ2) is 4.31. The van der Waals surface area contributed by atoms with E-state index in [4.69, 9.17) is 0 Å². The molecule has 0 spiro atoms. The number of nitrogens with zero attached hydrogens (tertiary/aromatic N) is 1. The average Bonchev–Trinajstić information content (AvgIpc) is 2.70. The van der Waals surface area contributed by atoms with E-state index in [1.54, 1.807) is 6.92 Å². The third kappa shape index (κ3) is 2.37. The number of nitrogens with one attached hydrogen (secondary N) is 1. The number of aromatic amines is 1. The van der Waals surface area contributed by atoms with E-state index < -0.39 is 0 Å². The van der Waals surface area contributed by atoms with Crippen molar-refractivity contribution in [2.75, 3.05) is 0 Å². The Bertz CT molecular complexity index is 497. The monoisotopic (exact) mass is 214 g/mol. The predicted molar refractivity (Wildman–Crippen MR) is 62.6 cm³/mol. The molecule has 0 aromatic carbocycles. The summed E-state index contributed by atoms with van der Waals surface area (Å²) in [6.07, 6.45) is 2.58. The Kier molecular flexibility index (Phi) is 2.86. The summed E-state index contributed by atoms with van der Waals surface area (Å²) < 4.78 is 0. The molecule has 0 unspecified atom stereocenters. The van der Waals surface area contributed by atoms with Crippen molar-refractivity contribution in [3.8, 4) is 0 Å². The molecule has 0 fully saturated rings. The quantitative estimate of drug-likeness (QED) is 0.798. The number of pyridine rings is 1. The lowest BCUT2D eigenvalue weighted by Gasteiger charge is -1.99. The van der Waals surface area contributed by atoms with Gasteiger partial charge in [0.1, 0.15) is 0 Å². The molecule has 0 aliphatic rings. The molecule has 0 aliphatic carbocycles. The molecule has 0 saturated heterocycles. The molecule has 3 nitrogen and oxygen atoms in total. The molecule has 0 aliphatic heterocycles. The Labute approximate surface area is 94.5 Å². The molecule has 2 heterocycles. The summed E-state index contributed by atoms with van der Waals surface area (Å²) in [5.41, 5.74) is 3.82. The number of ketones is 1. The van der Waals surface area contributed by atoms with Crippen LogP contribution in [0.4, 0.5) is 0 Å². The van der Waals surface area contributed by atoms with Gasteiger partial charge in [0.25, 0.3) is 0 Å². The van der Waals surface area contributed by atoms with Crippen molar-refractivity contribution in [2.24, 2.45) is 0 Å². The van der Waals surface area contributed by atoms with E-state index in [0.717, 1.165) is 23.4 Å². The molecule has 3 heteroatoms. The van der Waals surface area contributed by atoms with Gasteiger partial charge in [-0.1, -0.05) is 6.07 Å². The maximum atomic E-state index is 11.1. The van der Waals surface area contributed by atoms with Crippen molar-refractivity contribution in [2.45, 2.75) is 20.3 Å². The SMILES string of the molecule is CC(=O)c1ccc(Cc2ccc(C)cn2)[nH]1. The Morgan fingerprint density at radius 2 is 2.12 bits per heavy atom. The second-order valence-corrected chi connectivity index (χ2v) is 3.96. The van der Waals surface area contributed by atoms with E-state index in [2.05, 4.69) is 9.97 Å². The van der Waals surface area contributed by atoms with Crippen molar-refractivity contribution in [1.29, 1.82) is 0 Å². The van der Waals surface area contributed by atoms with Gasteiger partial charge in [-0.05, 0) is 30.7 Å². The molecule has 0 radical (unpaired) electrons. The number of aryl methyl sites for hydroxylation is 1. The van der Waals surface area contributed by atoms with Crippen LogP contribution in [0.2, 0.25) is 0 Å². The van der Waals surface area contributed by atoms with Crippen LogP contribution in [-0.4, -0.2) is 15.8 Å². The Morgan fingerprint density at radius 1 is 1.31 bits per heavy atom. The Hall–Kier alpha value is -1.90. The second-order valence-electron chi connectivity index (χ2n) is 3.96. The van der Waals surface area contributed by atoms with Crippen LogP contribution in [0.1, 0.15) is 34.4 Å². The largest absolute Gasteiger partial charge is 0.356 e. The number of carbonyl (C=O) groups excluding carboxylic acids is 1. The standard InChI is InChI=1S/C13H14N2O/c1-9-3-4-11(14-8-9)7-12-5-6-13(15-12)10(2)16/h3-6,8,15H,7H2,1-2H3. The van der Waals surface area contributed by atoms with Gasteiger partial charge in [-0.3, -0.25) is 9.78 Å². The van der Waals surface area contributed by atoms with E-state index >= 15 is 0 Å². The molecule has 2 aromatic heterocycles. The van der Waals surface area contributed by atoms with Gasteiger partial charge in [-0.15, -0.1) is 0 Å². The van der Waals surface area contributed by atoms with Gasteiger partial charge in [0.05, 0.1) is 5.69 Å². The molecule has 0 atom stereocenters. The first kappa shape index (κ1) is 10.6. The van der Waals surface area contributed by atoms with Crippen molar-refractivity contribution < 1.29 is 4.79 Å². The van der Waals surface area contributed by atoms with Crippen LogP contribution in [0.15, 0.2) is 30.5 Å².